The van der Waals surface area contributed by atoms with Crippen LogP contribution >= 0.6 is 27.7 Å². The summed E-state index contributed by atoms with van der Waals surface area (Å²) in [7, 11) is 0. The summed E-state index contributed by atoms with van der Waals surface area (Å²) in [6, 6.07) is 2.97. The molecule has 0 spiro atoms. The molecule has 25 heavy (non-hydrogen) atoms. The molecule has 0 saturated heterocycles. The highest BCUT2D eigenvalue weighted by molar-refractivity contribution is 9.10. The maximum Gasteiger partial charge on any atom is 0.417 e. The molecule has 3 aromatic heterocycles. The number of alkyl halides is 3. The molecule has 0 amide bonds. The molecule has 0 aliphatic rings. The predicted octanol–water partition coefficient (Wildman–Crippen LogP) is 5.41. The molecular formula is C16H14BrF3N4S. The van der Waals surface area contributed by atoms with Crippen LogP contribution < -0.4 is 0 Å². The van der Waals surface area contributed by atoms with Crippen LogP contribution in [0.5, 0.6) is 0 Å². The van der Waals surface area contributed by atoms with Crippen LogP contribution in [0.3, 0.4) is 0 Å². The maximum absolute atomic E-state index is 12.9. The first kappa shape index (κ1) is 18.2. The van der Waals surface area contributed by atoms with Gasteiger partial charge in [0.25, 0.3) is 0 Å². The van der Waals surface area contributed by atoms with Gasteiger partial charge in [0, 0.05) is 28.3 Å². The first-order valence-corrected chi connectivity index (χ1v) is 9.35. The highest BCUT2D eigenvalue weighted by atomic mass is 79.9. The van der Waals surface area contributed by atoms with Crippen LogP contribution in [0.4, 0.5) is 13.2 Å². The van der Waals surface area contributed by atoms with Crippen molar-refractivity contribution in [3.8, 4) is 11.5 Å². The largest absolute Gasteiger partial charge is 0.417 e. The standard InChI is InChI=1S/C16H14BrF3N4S/c1-3-24-14-11(5-9(7-22-14)16(18,19)20)23-15(24)13-12(25-4-2)6-10(17)8-21-13/h5-8H,3-4H2,1-2H3. The molecule has 3 heterocycles. The minimum Gasteiger partial charge on any atom is -0.308 e. The molecule has 0 saturated carbocycles. The van der Waals surface area contributed by atoms with Crippen molar-refractivity contribution in [2.24, 2.45) is 0 Å². The summed E-state index contributed by atoms with van der Waals surface area (Å²) >= 11 is 5.00. The molecule has 0 fully saturated rings. The predicted molar refractivity (Wildman–Crippen MR) is 95.5 cm³/mol. The van der Waals surface area contributed by atoms with E-state index < -0.39 is 11.7 Å². The number of thioether (sulfide) groups is 1. The van der Waals surface area contributed by atoms with Gasteiger partial charge in [0.1, 0.15) is 11.2 Å². The molecule has 3 aromatic rings. The molecule has 0 N–H and O–H groups in total. The van der Waals surface area contributed by atoms with E-state index in [1.165, 1.54) is 0 Å². The maximum atomic E-state index is 12.9. The van der Waals surface area contributed by atoms with Gasteiger partial charge in [0.2, 0.25) is 0 Å². The van der Waals surface area contributed by atoms with Crippen molar-refractivity contribution in [1.29, 1.82) is 0 Å². The number of imidazole rings is 1. The summed E-state index contributed by atoms with van der Waals surface area (Å²) in [5.74, 6) is 1.36. The zero-order chi connectivity index (χ0) is 18.2. The minimum absolute atomic E-state index is 0.212. The quantitative estimate of drug-likeness (QED) is 0.519. The number of pyridine rings is 2. The molecule has 9 heteroatoms. The Labute approximate surface area is 155 Å². The smallest absolute Gasteiger partial charge is 0.308 e. The molecular weight excluding hydrogens is 417 g/mol. The van der Waals surface area contributed by atoms with Gasteiger partial charge in [-0.2, -0.15) is 13.2 Å². The topological polar surface area (TPSA) is 43.6 Å². The van der Waals surface area contributed by atoms with Crippen molar-refractivity contribution in [3.63, 3.8) is 0 Å². The third-order valence-electron chi connectivity index (χ3n) is 3.56. The Hall–Kier alpha value is -1.61. The molecule has 0 aromatic carbocycles. The number of halogens is 4. The summed E-state index contributed by atoms with van der Waals surface area (Å²) in [6.07, 6.45) is -1.95. The molecule has 3 rings (SSSR count). The van der Waals surface area contributed by atoms with Crippen molar-refractivity contribution >= 4 is 38.9 Å². The fourth-order valence-corrected chi connectivity index (χ4v) is 3.79. The molecule has 0 atom stereocenters. The van der Waals surface area contributed by atoms with Crippen LogP contribution in [-0.2, 0) is 12.7 Å². The first-order valence-electron chi connectivity index (χ1n) is 7.57. The van der Waals surface area contributed by atoms with Gasteiger partial charge in [-0.1, -0.05) is 6.92 Å². The Bertz CT molecular complexity index is 924. The van der Waals surface area contributed by atoms with E-state index in [2.05, 4.69) is 30.9 Å². The van der Waals surface area contributed by atoms with Crippen molar-refractivity contribution in [2.75, 3.05) is 5.75 Å². The van der Waals surface area contributed by atoms with Crippen LogP contribution in [0.15, 0.2) is 33.9 Å². The zero-order valence-corrected chi connectivity index (χ0v) is 15.8. The lowest BCUT2D eigenvalue weighted by molar-refractivity contribution is -0.137. The van der Waals surface area contributed by atoms with Crippen LogP contribution in [-0.4, -0.2) is 25.3 Å². The SMILES string of the molecule is CCSc1cc(Br)cnc1-c1nc2cc(C(F)(F)F)cnc2n1CC. The fourth-order valence-electron chi connectivity index (χ4n) is 2.50. The van der Waals surface area contributed by atoms with E-state index in [0.29, 0.717) is 23.7 Å². The Morgan fingerprint density at radius 3 is 2.56 bits per heavy atom. The average Bonchev–Trinajstić information content (AvgIpc) is 2.92. The second-order valence-corrected chi connectivity index (χ2v) is 7.40. The lowest BCUT2D eigenvalue weighted by Crippen LogP contribution is -2.06. The first-order chi connectivity index (χ1) is 11.8. The van der Waals surface area contributed by atoms with E-state index in [1.807, 2.05) is 19.9 Å². The Kier molecular flexibility index (Phi) is 5.06. The number of rotatable bonds is 4. The van der Waals surface area contributed by atoms with Gasteiger partial charge < -0.3 is 4.57 Å². The van der Waals surface area contributed by atoms with Gasteiger partial charge in [0.05, 0.1) is 5.56 Å². The molecule has 0 radical (unpaired) electrons. The number of aryl methyl sites for hydroxylation is 1. The monoisotopic (exact) mass is 430 g/mol. The number of fused-ring (bicyclic) bond motifs is 1. The second-order valence-electron chi connectivity index (χ2n) is 5.18. The van der Waals surface area contributed by atoms with Gasteiger partial charge in [-0.15, -0.1) is 11.8 Å². The Morgan fingerprint density at radius 2 is 1.92 bits per heavy atom. The Balaban J connectivity index is 2.23. The number of aromatic nitrogens is 4. The molecule has 132 valence electrons. The number of nitrogens with zero attached hydrogens (tertiary/aromatic N) is 4. The highest BCUT2D eigenvalue weighted by Crippen LogP contribution is 2.34. The van der Waals surface area contributed by atoms with Crippen LogP contribution in [0.1, 0.15) is 19.4 Å². The van der Waals surface area contributed by atoms with E-state index in [0.717, 1.165) is 27.4 Å². The summed E-state index contributed by atoms with van der Waals surface area (Å²) in [4.78, 5) is 13.8. The van der Waals surface area contributed by atoms with E-state index in [4.69, 9.17) is 0 Å². The lowest BCUT2D eigenvalue weighted by Gasteiger charge is -2.09. The van der Waals surface area contributed by atoms with Crippen molar-refractivity contribution < 1.29 is 13.2 Å². The van der Waals surface area contributed by atoms with Crippen molar-refractivity contribution in [1.82, 2.24) is 19.5 Å². The van der Waals surface area contributed by atoms with Crippen molar-refractivity contribution in [3.05, 3.63) is 34.6 Å². The van der Waals surface area contributed by atoms with E-state index >= 15 is 0 Å². The number of hydrogen-bond acceptors (Lipinski definition) is 4. The third kappa shape index (κ3) is 3.52. The summed E-state index contributed by atoms with van der Waals surface area (Å²) in [5.41, 5.74) is 0.467. The van der Waals surface area contributed by atoms with Gasteiger partial charge in [0.15, 0.2) is 11.5 Å². The van der Waals surface area contributed by atoms with Crippen LogP contribution in [0, 0.1) is 0 Å². The average molecular weight is 431 g/mol. The van der Waals surface area contributed by atoms with Gasteiger partial charge in [-0.25, -0.2) is 9.97 Å². The summed E-state index contributed by atoms with van der Waals surface area (Å²) in [5, 5.41) is 0. The minimum atomic E-state index is -4.45. The molecule has 4 nitrogen and oxygen atoms in total. The van der Waals surface area contributed by atoms with E-state index in [-0.39, 0.29) is 5.52 Å². The fraction of sp³-hybridized carbons (Fsp3) is 0.312. The van der Waals surface area contributed by atoms with Crippen LogP contribution in [0.25, 0.3) is 22.7 Å². The Morgan fingerprint density at radius 1 is 1.16 bits per heavy atom. The van der Waals surface area contributed by atoms with Gasteiger partial charge in [-0.3, -0.25) is 4.98 Å². The molecule has 0 bridgehead atoms. The van der Waals surface area contributed by atoms with Gasteiger partial charge >= 0.3 is 6.18 Å². The lowest BCUT2D eigenvalue weighted by atomic mass is 10.2. The van der Waals surface area contributed by atoms with Gasteiger partial charge in [-0.05, 0) is 40.7 Å². The van der Waals surface area contributed by atoms with Crippen LogP contribution in [0.2, 0.25) is 0 Å². The van der Waals surface area contributed by atoms with E-state index in [1.54, 1.807) is 22.5 Å². The normalized spacial score (nSPS) is 12.1. The van der Waals surface area contributed by atoms with E-state index in [9.17, 15) is 13.2 Å². The molecule has 0 aliphatic heterocycles. The summed E-state index contributed by atoms with van der Waals surface area (Å²) < 4.78 is 41.4. The van der Waals surface area contributed by atoms with Crippen molar-refractivity contribution in [2.45, 2.75) is 31.5 Å². The molecule has 0 unspecified atom stereocenters. The zero-order valence-electron chi connectivity index (χ0n) is 13.4. The highest BCUT2D eigenvalue weighted by Gasteiger charge is 2.32. The summed E-state index contributed by atoms with van der Waals surface area (Å²) in [6.45, 7) is 4.45. The molecule has 0 aliphatic carbocycles. The third-order valence-corrected chi connectivity index (χ3v) is 4.90. The number of hydrogen-bond donors (Lipinski definition) is 0. The second kappa shape index (κ2) is 6.95.